The van der Waals surface area contributed by atoms with E-state index in [2.05, 4.69) is 4.98 Å². The lowest BCUT2D eigenvalue weighted by atomic mass is 10.1. The van der Waals surface area contributed by atoms with Crippen molar-refractivity contribution in [2.75, 3.05) is 0 Å². The molecule has 90 valence electrons. The number of aromatic hydroxyl groups is 1. The number of carbonyl (C=O) groups is 1. The van der Waals surface area contributed by atoms with E-state index in [1.807, 2.05) is 0 Å². The number of H-pyrrole nitrogens is 1. The Bertz CT molecular complexity index is 728. The van der Waals surface area contributed by atoms with Gasteiger partial charge in [-0.05, 0) is 24.3 Å². The van der Waals surface area contributed by atoms with Gasteiger partial charge < -0.3 is 14.5 Å². The van der Waals surface area contributed by atoms with Crippen molar-refractivity contribution in [2.24, 2.45) is 0 Å². The van der Waals surface area contributed by atoms with Crippen LogP contribution in [0.3, 0.4) is 0 Å². The molecular formula is C13H8ClNO3. The number of aromatic amines is 1. The van der Waals surface area contributed by atoms with Crippen molar-refractivity contribution < 1.29 is 14.3 Å². The minimum Gasteiger partial charge on any atom is -0.494 e. The van der Waals surface area contributed by atoms with E-state index >= 15 is 0 Å². The van der Waals surface area contributed by atoms with Gasteiger partial charge in [0.15, 0.2) is 5.76 Å². The van der Waals surface area contributed by atoms with Gasteiger partial charge in [-0.15, -0.1) is 0 Å². The number of furan rings is 1. The highest BCUT2D eigenvalue weighted by Gasteiger charge is 2.21. The van der Waals surface area contributed by atoms with Gasteiger partial charge in [0.25, 0.3) is 0 Å². The standard InChI is InChI=1S/C13H8ClNO3/c14-7-3-4-8-9(6-7)15-13(17)11(8)12(16)10-2-1-5-18-10/h1-6,15,17H. The first kappa shape index (κ1) is 10.9. The predicted molar refractivity (Wildman–Crippen MR) is 67.1 cm³/mol. The Morgan fingerprint density at radius 2 is 2.17 bits per heavy atom. The summed E-state index contributed by atoms with van der Waals surface area (Å²) in [5.74, 6) is -0.374. The van der Waals surface area contributed by atoms with E-state index in [4.69, 9.17) is 16.0 Å². The van der Waals surface area contributed by atoms with Crippen molar-refractivity contribution >= 4 is 28.3 Å². The Hall–Kier alpha value is -2.20. The molecule has 0 aliphatic heterocycles. The van der Waals surface area contributed by atoms with Gasteiger partial charge in [0, 0.05) is 10.4 Å². The monoisotopic (exact) mass is 261 g/mol. The largest absolute Gasteiger partial charge is 0.494 e. The molecule has 2 N–H and O–H groups in total. The van der Waals surface area contributed by atoms with Crippen molar-refractivity contribution in [3.63, 3.8) is 0 Å². The van der Waals surface area contributed by atoms with E-state index in [1.165, 1.54) is 6.26 Å². The first-order chi connectivity index (χ1) is 8.66. The fraction of sp³-hybridized carbons (Fsp3) is 0. The van der Waals surface area contributed by atoms with Crippen LogP contribution in [-0.2, 0) is 0 Å². The fourth-order valence-corrected chi connectivity index (χ4v) is 2.09. The first-order valence-corrected chi connectivity index (χ1v) is 5.63. The van der Waals surface area contributed by atoms with Crippen molar-refractivity contribution in [1.29, 1.82) is 0 Å². The second-order valence-electron chi connectivity index (χ2n) is 3.84. The quantitative estimate of drug-likeness (QED) is 0.695. The second kappa shape index (κ2) is 3.92. The second-order valence-corrected chi connectivity index (χ2v) is 4.28. The summed E-state index contributed by atoms with van der Waals surface area (Å²) in [6.45, 7) is 0. The molecule has 2 heterocycles. The lowest BCUT2D eigenvalue weighted by molar-refractivity contribution is 0.101. The van der Waals surface area contributed by atoms with Crippen LogP contribution in [-0.4, -0.2) is 15.9 Å². The highest BCUT2D eigenvalue weighted by Crippen LogP contribution is 2.31. The minimum atomic E-state index is -0.369. The minimum absolute atomic E-state index is 0.182. The number of hydrogen-bond acceptors (Lipinski definition) is 3. The van der Waals surface area contributed by atoms with E-state index in [-0.39, 0.29) is 23.0 Å². The summed E-state index contributed by atoms with van der Waals surface area (Å²) in [6.07, 6.45) is 1.41. The number of hydrogen-bond donors (Lipinski definition) is 2. The van der Waals surface area contributed by atoms with Crippen LogP contribution >= 0.6 is 11.6 Å². The summed E-state index contributed by atoms with van der Waals surface area (Å²) in [5, 5.41) is 11.0. The summed E-state index contributed by atoms with van der Waals surface area (Å²) >= 11 is 5.85. The molecule has 4 nitrogen and oxygen atoms in total. The maximum atomic E-state index is 12.2. The van der Waals surface area contributed by atoms with Crippen molar-refractivity contribution in [3.05, 3.63) is 52.9 Å². The molecule has 0 aliphatic carbocycles. The number of fused-ring (bicyclic) bond motifs is 1. The van der Waals surface area contributed by atoms with E-state index in [1.54, 1.807) is 30.3 Å². The molecule has 0 radical (unpaired) electrons. The van der Waals surface area contributed by atoms with Crippen LogP contribution in [0.1, 0.15) is 16.1 Å². The molecule has 0 aliphatic rings. The summed E-state index contributed by atoms with van der Waals surface area (Å²) in [7, 11) is 0. The molecule has 2 aromatic heterocycles. The summed E-state index contributed by atoms with van der Waals surface area (Å²) < 4.78 is 5.05. The van der Waals surface area contributed by atoms with E-state index in [0.717, 1.165) is 0 Å². The highest BCUT2D eigenvalue weighted by atomic mass is 35.5. The molecule has 5 heteroatoms. The molecule has 0 unspecified atom stereocenters. The number of nitrogens with one attached hydrogen (secondary N) is 1. The van der Waals surface area contributed by atoms with Crippen molar-refractivity contribution in [3.8, 4) is 5.88 Å². The molecule has 3 rings (SSSR count). The van der Waals surface area contributed by atoms with Crippen LogP contribution in [0.4, 0.5) is 0 Å². The third kappa shape index (κ3) is 1.58. The van der Waals surface area contributed by atoms with Crippen LogP contribution in [0, 0.1) is 0 Å². The van der Waals surface area contributed by atoms with E-state index < -0.39 is 0 Å². The van der Waals surface area contributed by atoms with Crippen molar-refractivity contribution in [2.45, 2.75) is 0 Å². The fourth-order valence-electron chi connectivity index (χ4n) is 1.92. The lowest BCUT2D eigenvalue weighted by Gasteiger charge is -1.96. The zero-order valence-electron chi connectivity index (χ0n) is 9.11. The van der Waals surface area contributed by atoms with Crippen LogP contribution in [0.2, 0.25) is 5.02 Å². The van der Waals surface area contributed by atoms with Gasteiger partial charge in [-0.1, -0.05) is 17.7 Å². The van der Waals surface area contributed by atoms with Gasteiger partial charge >= 0.3 is 0 Å². The molecule has 3 aromatic rings. The zero-order chi connectivity index (χ0) is 12.7. The van der Waals surface area contributed by atoms with Crippen LogP contribution in [0.15, 0.2) is 41.0 Å². The number of halogens is 1. The van der Waals surface area contributed by atoms with Gasteiger partial charge in [-0.25, -0.2) is 0 Å². The van der Waals surface area contributed by atoms with Crippen LogP contribution in [0.25, 0.3) is 10.9 Å². The molecule has 18 heavy (non-hydrogen) atoms. The molecular weight excluding hydrogens is 254 g/mol. The summed E-state index contributed by atoms with van der Waals surface area (Å²) in [5.41, 5.74) is 0.798. The predicted octanol–water partition coefficient (Wildman–Crippen LogP) is 3.35. The Morgan fingerprint density at radius 3 is 2.89 bits per heavy atom. The highest BCUT2D eigenvalue weighted by molar-refractivity contribution is 6.31. The maximum Gasteiger partial charge on any atom is 0.234 e. The first-order valence-electron chi connectivity index (χ1n) is 5.25. The number of carbonyl (C=O) groups excluding carboxylic acids is 1. The van der Waals surface area contributed by atoms with Gasteiger partial charge in [-0.3, -0.25) is 4.79 Å². The third-order valence-corrected chi connectivity index (χ3v) is 2.95. The Morgan fingerprint density at radius 1 is 1.33 bits per heavy atom. The Balaban J connectivity index is 2.23. The molecule has 0 spiro atoms. The SMILES string of the molecule is O=C(c1ccco1)c1c(O)[nH]c2cc(Cl)ccc12. The normalized spacial score (nSPS) is 10.9. The molecule has 0 atom stereocenters. The molecule has 0 saturated carbocycles. The zero-order valence-corrected chi connectivity index (χ0v) is 9.86. The smallest absolute Gasteiger partial charge is 0.234 e. The van der Waals surface area contributed by atoms with E-state index in [9.17, 15) is 9.90 Å². The molecule has 0 fully saturated rings. The number of benzene rings is 1. The topological polar surface area (TPSA) is 66.2 Å². The average Bonchev–Trinajstić information content (AvgIpc) is 2.94. The number of ketones is 1. The Labute approximate surface area is 107 Å². The van der Waals surface area contributed by atoms with Crippen LogP contribution in [0.5, 0.6) is 5.88 Å². The molecule has 1 aromatic carbocycles. The number of rotatable bonds is 2. The van der Waals surface area contributed by atoms with E-state index in [0.29, 0.717) is 15.9 Å². The summed E-state index contributed by atoms with van der Waals surface area (Å²) in [6, 6.07) is 8.17. The van der Waals surface area contributed by atoms with Crippen LogP contribution < -0.4 is 0 Å². The maximum absolute atomic E-state index is 12.2. The van der Waals surface area contributed by atoms with Crippen molar-refractivity contribution in [1.82, 2.24) is 4.98 Å². The summed E-state index contributed by atoms with van der Waals surface area (Å²) in [4.78, 5) is 14.9. The molecule has 0 saturated heterocycles. The number of aromatic nitrogens is 1. The molecule has 0 amide bonds. The average molecular weight is 262 g/mol. The van der Waals surface area contributed by atoms with Gasteiger partial charge in [0.2, 0.25) is 11.7 Å². The lowest BCUT2D eigenvalue weighted by Crippen LogP contribution is -1.98. The third-order valence-electron chi connectivity index (χ3n) is 2.71. The van der Waals surface area contributed by atoms with Gasteiger partial charge in [0.05, 0.1) is 17.3 Å². The molecule has 0 bridgehead atoms. The van der Waals surface area contributed by atoms with Gasteiger partial charge in [-0.2, -0.15) is 0 Å². The van der Waals surface area contributed by atoms with Gasteiger partial charge in [0.1, 0.15) is 0 Å². The Kier molecular flexibility index (Phi) is 2.38.